The van der Waals surface area contributed by atoms with Crippen LogP contribution in [0, 0.1) is 0 Å². The van der Waals surface area contributed by atoms with Crippen molar-refractivity contribution in [1.29, 1.82) is 0 Å². The van der Waals surface area contributed by atoms with Crippen molar-refractivity contribution in [1.82, 2.24) is 10.6 Å². The third-order valence-electron chi connectivity index (χ3n) is 3.89. The van der Waals surface area contributed by atoms with Gasteiger partial charge in [0.05, 0.1) is 0 Å². The second-order valence-corrected chi connectivity index (χ2v) is 6.15. The molecule has 25 heavy (non-hydrogen) atoms. The monoisotopic (exact) mass is 360 g/mol. The van der Waals surface area contributed by atoms with Crippen LogP contribution < -0.4 is 16.0 Å². The quantitative estimate of drug-likeness (QED) is 0.740. The van der Waals surface area contributed by atoms with Gasteiger partial charge in [-0.25, -0.2) is 4.79 Å². The van der Waals surface area contributed by atoms with Crippen molar-refractivity contribution in [2.24, 2.45) is 0 Å². The molecule has 132 valence electrons. The highest BCUT2D eigenvalue weighted by atomic mass is 35.5. The lowest BCUT2D eigenvalue weighted by Crippen LogP contribution is -2.88. The van der Waals surface area contributed by atoms with Crippen molar-refractivity contribution >= 4 is 23.5 Å². The number of amides is 3. The number of rotatable bonds is 6. The standard InChI is InChI=1S/C19H22ClN3O2/c1-3-21-19(25)23-18(24)17(14-9-5-4-6-10-14)22-13(2)15-11-7-8-12-16(15)20/h4-13,17,22H,3H2,1-2H3,(H2,21,23,24,25)/p+1/t13-,17+/m0/s1. The maximum atomic E-state index is 12.6. The predicted molar refractivity (Wildman–Crippen MR) is 98.2 cm³/mol. The largest absolute Gasteiger partial charge is 0.338 e. The molecule has 0 aliphatic rings. The molecule has 3 amide bonds. The average Bonchev–Trinajstić information content (AvgIpc) is 2.60. The number of imide groups is 1. The molecule has 0 saturated heterocycles. The van der Waals surface area contributed by atoms with E-state index < -0.39 is 12.1 Å². The Hall–Kier alpha value is -2.37. The topological polar surface area (TPSA) is 74.8 Å². The summed E-state index contributed by atoms with van der Waals surface area (Å²) >= 11 is 6.27. The lowest BCUT2D eigenvalue weighted by atomic mass is 10.0. The molecule has 0 bridgehead atoms. The summed E-state index contributed by atoms with van der Waals surface area (Å²) in [5.41, 5.74) is 1.76. The zero-order valence-electron chi connectivity index (χ0n) is 14.3. The van der Waals surface area contributed by atoms with E-state index in [0.29, 0.717) is 11.6 Å². The lowest BCUT2D eigenvalue weighted by Gasteiger charge is -2.20. The van der Waals surface area contributed by atoms with Crippen LogP contribution in [0.15, 0.2) is 54.6 Å². The van der Waals surface area contributed by atoms with Gasteiger partial charge in [-0.1, -0.05) is 60.1 Å². The van der Waals surface area contributed by atoms with Crippen LogP contribution in [0.4, 0.5) is 4.79 Å². The fourth-order valence-corrected chi connectivity index (χ4v) is 2.95. The van der Waals surface area contributed by atoms with Crippen LogP contribution in [-0.2, 0) is 4.79 Å². The van der Waals surface area contributed by atoms with Crippen molar-refractivity contribution in [3.05, 3.63) is 70.7 Å². The van der Waals surface area contributed by atoms with Crippen molar-refractivity contribution < 1.29 is 14.9 Å². The smallest absolute Gasteiger partial charge is 0.321 e. The molecule has 0 aliphatic heterocycles. The number of nitrogens with one attached hydrogen (secondary N) is 2. The van der Waals surface area contributed by atoms with E-state index in [1.807, 2.05) is 66.8 Å². The summed E-state index contributed by atoms with van der Waals surface area (Å²) in [4.78, 5) is 24.4. The summed E-state index contributed by atoms with van der Waals surface area (Å²) in [6, 6.07) is 15.8. The second kappa shape index (κ2) is 9.20. The molecular weight excluding hydrogens is 338 g/mol. The molecule has 0 aliphatic carbocycles. The first-order valence-corrected chi connectivity index (χ1v) is 8.63. The molecule has 0 spiro atoms. The number of nitrogens with two attached hydrogens (primary N) is 1. The molecule has 0 fully saturated rings. The predicted octanol–water partition coefficient (Wildman–Crippen LogP) is 2.55. The van der Waals surface area contributed by atoms with Gasteiger partial charge in [0.15, 0.2) is 6.04 Å². The van der Waals surface area contributed by atoms with E-state index in [9.17, 15) is 9.59 Å². The fourth-order valence-electron chi connectivity index (χ4n) is 2.64. The van der Waals surface area contributed by atoms with Crippen LogP contribution in [0.2, 0.25) is 5.02 Å². The Kier molecular flexibility index (Phi) is 6.98. The normalized spacial score (nSPS) is 12.9. The van der Waals surface area contributed by atoms with Crippen LogP contribution in [0.5, 0.6) is 0 Å². The number of halogens is 1. The Morgan fingerprint density at radius 3 is 2.36 bits per heavy atom. The van der Waals surface area contributed by atoms with Gasteiger partial charge in [0, 0.05) is 22.7 Å². The lowest BCUT2D eigenvalue weighted by molar-refractivity contribution is -0.719. The molecule has 2 rings (SSSR count). The molecule has 0 unspecified atom stereocenters. The number of benzene rings is 2. The molecule has 2 aromatic rings. The van der Waals surface area contributed by atoms with E-state index in [0.717, 1.165) is 11.1 Å². The Morgan fingerprint density at radius 1 is 1.08 bits per heavy atom. The molecule has 4 N–H and O–H groups in total. The highest BCUT2D eigenvalue weighted by Crippen LogP contribution is 2.21. The maximum Gasteiger partial charge on any atom is 0.321 e. The Balaban J connectivity index is 2.22. The fraction of sp³-hybridized carbons (Fsp3) is 0.263. The van der Waals surface area contributed by atoms with Gasteiger partial charge in [-0.15, -0.1) is 0 Å². The summed E-state index contributed by atoms with van der Waals surface area (Å²) in [6.45, 7) is 4.23. The Morgan fingerprint density at radius 2 is 1.72 bits per heavy atom. The molecule has 5 nitrogen and oxygen atoms in total. The van der Waals surface area contributed by atoms with Gasteiger partial charge in [-0.3, -0.25) is 10.1 Å². The summed E-state index contributed by atoms with van der Waals surface area (Å²) in [5.74, 6) is -0.365. The summed E-state index contributed by atoms with van der Waals surface area (Å²) in [5, 5.41) is 7.53. The number of carbonyl (C=O) groups excluding carboxylic acids is 2. The molecular formula is C19H23ClN3O2+. The van der Waals surface area contributed by atoms with Gasteiger partial charge in [-0.2, -0.15) is 0 Å². The average molecular weight is 361 g/mol. The highest BCUT2D eigenvalue weighted by Gasteiger charge is 2.28. The van der Waals surface area contributed by atoms with Gasteiger partial charge in [0.2, 0.25) is 0 Å². The number of urea groups is 1. The third kappa shape index (κ3) is 5.31. The van der Waals surface area contributed by atoms with E-state index in [2.05, 4.69) is 10.6 Å². The molecule has 0 saturated carbocycles. The molecule has 6 heteroatoms. The molecule has 0 aromatic heterocycles. The SMILES string of the molecule is CCNC(=O)NC(=O)[C@H]([NH2+][C@@H](C)c1ccccc1Cl)c1ccccc1. The van der Waals surface area contributed by atoms with E-state index in [-0.39, 0.29) is 11.9 Å². The number of hydrogen-bond acceptors (Lipinski definition) is 2. The van der Waals surface area contributed by atoms with Crippen molar-refractivity contribution in [2.45, 2.75) is 25.9 Å². The number of quaternary nitrogens is 1. The molecule has 0 radical (unpaired) electrons. The van der Waals surface area contributed by atoms with Crippen LogP contribution >= 0.6 is 11.6 Å². The molecule has 2 atom stereocenters. The van der Waals surface area contributed by atoms with Crippen molar-refractivity contribution in [2.75, 3.05) is 6.54 Å². The Labute approximate surface area is 152 Å². The number of hydrogen-bond donors (Lipinski definition) is 3. The second-order valence-electron chi connectivity index (χ2n) is 5.74. The van der Waals surface area contributed by atoms with E-state index >= 15 is 0 Å². The summed E-state index contributed by atoms with van der Waals surface area (Å²) in [6.07, 6.45) is 0. The van der Waals surface area contributed by atoms with Crippen LogP contribution in [0.1, 0.15) is 37.1 Å². The minimum absolute atomic E-state index is 0.0566. The van der Waals surface area contributed by atoms with E-state index in [1.165, 1.54) is 0 Å². The Bertz CT molecular complexity index is 722. The van der Waals surface area contributed by atoms with Gasteiger partial charge in [0.25, 0.3) is 5.91 Å². The van der Waals surface area contributed by atoms with E-state index in [1.54, 1.807) is 6.92 Å². The third-order valence-corrected chi connectivity index (χ3v) is 4.24. The highest BCUT2D eigenvalue weighted by molar-refractivity contribution is 6.31. The van der Waals surface area contributed by atoms with Crippen molar-refractivity contribution in [3.63, 3.8) is 0 Å². The van der Waals surface area contributed by atoms with Crippen LogP contribution in [-0.4, -0.2) is 18.5 Å². The first-order chi connectivity index (χ1) is 12.0. The zero-order chi connectivity index (χ0) is 18.2. The van der Waals surface area contributed by atoms with Gasteiger partial charge in [0.1, 0.15) is 6.04 Å². The van der Waals surface area contributed by atoms with Crippen molar-refractivity contribution in [3.8, 4) is 0 Å². The van der Waals surface area contributed by atoms with Crippen LogP contribution in [0.3, 0.4) is 0 Å². The van der Waals surface area contributed by atoms with Gasteiger partial charge >= 0.3 is 6.03 Å². The van der Waals surface area contributed by atoms with E-state index in [4.69, 9.17) is 11.6 Å². The summed E-state index contributed by atoms with van der Waals surface area (Å²) < 4.78 is 0. The number of carbonyl (C=O) groups is 2. The molecule has 0 heterocycles. The van der Waals surface area contributed by atoms with Gasteiger partial charge < -0.3 is 10.6 Å². The van der Waals surface area contributed by atoms with Crippen LogP contribution in [0.25, 0.3) is 0 Å². The summed E-state index contributed by atoms with van der Waals surface area (Å²) in [7, 11) is 0. The minimum Gasteiger partial charge on any atom is -0.338 e. The van der Waals surface area contributed by atoms with Gasteiger partial charge in [-0.05, 0) is 19.9 Å². The first-order valence-electron chi connectivity index (χ1n) is 8.26. The zero-order valence-corrected chi connectivity index (χ0v) is 15.1. The first kappa shape index (κ1) is 19.0. The minimum atomic E-state index is -0.560. The molecule has 2 aromatic carbocycles. The maximum absolute atomic E-state index is 12.6.